The Labute approximate surface area is 137 Å². The summed E-state index contributed by atoms with van der Waals surface area (Å²) >= 11 is 0. The molecule has 1 rings (SSSR count). The third kappa shape index (κ3) is 5.23. The molecule has 0 saturated carbocycles. The Balaban J connectivity index is 2.66. The highest BCUT2D eigenvalue weighted by Gasteiger charge is 2.51. The Hall–Kier alpha value is -2.09. The van der Waals surface area contributed by atoms with E-state index >= 15 is 0 Å². The number of carbonyl (C=O) groups is 2. The van der Waals surface area contributed by atoms with Crippen LogP contribution in [0.25, 0.3) is 0 Å². The van der Waals surface area contributed by atoms with E-state index in [4.69, 9.17) is 4.74 Å². The van der Waals surface area contributed by atoms with Crippen molar-refractivity contribution in [3.63, 3.8) is 0 Å². The van der Waals surface area contributed by atoms with Gasteiger partial charge in [-0.25, -0.2) is 4.79 Å². The summed E-state index contributed by atoms with van der Waals surface area (Å²) in [5, 5.41) is 9.21. The van der Waals surface area contributed by atoms with Crippen LogP contribution in [0.4, 0.5) is 13.2 Å². The van der Waals surface area contributed by atoms with Gasteiger partial charge < -0.3 is 14.6 Å². The number of benzene rings is 1. The van der Waals surface area contributed by atoms with Gasteiger partial charge >= 0.3 is 18.1 Å². The summed E-state index contributed by atoms with van der Waals surface area (Å²) in [6.07, 6.45) is -4.30. The number of alkyl halides is 3. The second kappa shape index (κ2) is 7.65. The Bertz CT molecular complexity index is 578. The smallest absolute Gasteiger partial charge is 0.420 e. The van der Waals surface area contributed by atoms with E-state index in [1.54, 1.807) is 6.92 Å². The molecule has 1 aromatic carbocycles. The van der Waals surface area contributed by atoms with E-state index in [9.17, 15) is 27.9 Å². The molecule has 0 aliphatic heterocycles. The first-order valence-electron chi connectivity index (χ1n) is 7.26. The first-order chi connectivity index (χ1) is 11.0. The zero-order valence-electron chi connectivity index (χ0n) is 13.5. The Morgan fingerprint density at radius 1 is 1.21 bits per heavy atom. The summed E-state index contributed by atoms with van der Waals surface area (Å²) < 4.78 is 47.0. The molecule has 2 atom stereocenters. The van der Waals surface area contributed by atoms with E-state index in [-0.39, 0.29) is 17.2 Å². The number of hydrogen-bond acceptors (Lipinski definition) is 5. The largest absolute Gasteiger partial charge is 0.459 e. The number of rotatable bonds is 6. The quantitative estimate of drug-likeness (QED) is 0.632. The first-order valence-corrected chi connectivity index (χ1v) is 7.26. The van der Waals surface area contributed by atoms with Crippen LogP contribution in [-0.2, 0) is 9.53 Å². The molecule has 134 valence electrons. The third-order valence-electron chi connectivity index (χ3n) is 3.42. The van der Waals surface area contributed by atoms with Crippen molar-refractivity contribution in [2.24, 2.45) is 5.92 Å². The van der Waals surface area contributed by atoms with Gasteiger partial charge in [-0.3, -0.25) is 4.79 Å². The Morgan fingerprint density at radius 2 is 1.75 bits per heavy atom. The summed E-state index contributed by atoms with van der Waals surface area (Å²) in [6.45, 7) is 2.83. The monoisotopic (exact) mass is 348 g/mol. The lowest BCUT2D eigenvalue weighted by Gasteiger charge is -2.25. The molecule has 0 saturated heterocycles. The van der Waals surface area contributed by atoms with Gasteiger partial charge in [0.25, 0.3) is 0 Å². The average Bonchev–Trinajstić information content (AvgIpc) is 2.51. The fourth-order valence-electron chi connectivity index (χ4n) is 1.41. The second-order valence-corrected chi connectivity index (χ2v) is 5.60. The molecule has 2 unspecified atom stereocenters. The average molecular weight is 348 g/mol. The second-order valence-electron chi connectivity index (χ2n) is 5.60. The van der Waals surface area contributed by atoms with Crippen molar-refractivity contribution in [1.82, 2.24) is 0 Å². The number of esters is 2. The molecule has 0 heterocycles. The van der Waals surface area contributed by atoms with Crippen molar-refractivity contribution >= 4 is 11.9 Å². The van der Waals surface area contributed by atoms with E-state index in [1.165, 1.54) is 24.3 Å². The molecule has 5 nitrogen and oxygen atoms in total. The van der Waals surface area contributed by atoms with Crippen molar-refractivity contribution < 1.29 is 37.3 Å². The van der Waals surface area contributed by atoms with Crippen LogP contribution in [-0.4, -0.2) is 35.4 Å². The van der Waals surface area contributed by atoms with Crippen molar-refractivity contribution in [1.29, 1.82) is 0 Å². The van der Waals surface area contributed by atoms with Crippen molar-refractivity contribution in [3.05, 3.63) is 29.8 Å². The minimum Gasteiger partial charge on any atom is -0.459 e. The molecule has 0 bridgehead atoms. The molecule has 1 N–H and O–H groups in total. The normalized spacial score (nSPS) is 15.3. The van der Waals surface area contributed by atoms with Crippen LogP contribution in [0.2, 0.25) is 0 Å². The number of aliphatic hydroxyl groups is 1. The van der Waals surface area contributed by atoms with Gasteiger partial charge in [-0.2, -0.15) is 13.2 Å². The Kier molecular flexibility index (Phi) is 6.36. The SMILES string of the molecule is CCC(C)C(=O)Oc1ccc(C(=O)OCC(C)(O)C(F)(F)F)cc1. The van der Waals surface area contributed by atoms with E-state index in [0.717, 1.165) is 0 Å². The Morgan fingerprint density at radius 3 is 2.21 bits per heavy atom. The van der Waals surface area contributed by atoms with Gasteiger partial charge in [-0.1, -0.05) is 13.8 Å². The van der Waals surface area contributed by atoms with Gasteiger partial charge in [-0.15, -0.1) is 0 Å². The minimum absolute atomic E-state index is 0.0312. The lowest BCUT2D eigenvalue weighted by molar-refractivity contribution is -0.262. The summed E-state index contributed by atoms with van der Waals surface area (Å²) in [4.78, 5) is 23.3. The van der Waals surface area contributed by atoms with E-state index < -0.39 is 30.3 Å². The van der Waals surface area contributed by atoms with Crippen LogP contribution in [0, 0.1) is 5.92 Å². The van der Waals surface area contributed by atoms with Crippen LogP contribution in [0.1, 0.15) is 37.6 Å². The molecule has 24 heavy (non-hydrogen) atoms. The molecule has 0 radical (unpaired) electrons. The van der Waals surface area contributed by atoms with Crippen LogP contribution in [0.5, 0.6) is 5.75 Å². The zero-order valence-corrected chi connectivity index (χ0v) is 13.5. The maximum Gasteiger partial charge on any atom is 0.420 e. The van der Waals surface area contributed by atoms with E-state index in [2.05, 4.69) is 4.74 Å². The van der Waals surface area contributed by atoms with E-state index in [0.29, 0.717) is 13.3 Å². The van der Waals surface area contributed by atoms with E-state index in [1.807, 2.05) is 6.92 Å². The van der Waals surface area contributed by atoms with Crippen molar-refractivity contribution in [2.75, 3.05) is 6.61 Å². The molecule has 1 aromatic rings. The molecule has 0 spiro atoms. The lowest BCUT2D eigenvalue weighted by atomic mass is 10.1. The highest BCUT2D eigenvalue weighted by molar-refractivity contribution is 5.89. The molecular weight excluding hydrogens is 329 g/mol. The molecule has 0 amide bonds. The van der Waals surface area contributed by atoms with Gasteiger partial charge in [0.05, 0.1) is 11.5 Å². The highest BCUT2D eigenvalue weighted by Crippen LogP contribution is 2.30. The number of halogens is 3. The summed E-state index contributed by atoms with van der Waals surface area (Å²) in [5.74, 6) is -1.52. The maximum absolute atomic E-state index is 12.5. The molecule has 0 aliphatic carbocycles. The minimum atomic E-state index is -4.92. The zero-order chi connectivity index (χ0) is 18.5. The molecule has 0 fully saturated rings. The first kappa shape index (κ1) is 20.0. The molecular formula is C16H19F3O5. The van der Waals surface area contributed by atoms with Gasteiger partial charge in [0, 0.05) is 0 Å². The van der Waals surface area contributed by atoms with Crippen LogP contribution in [0.3, 0.4) is 0 Å². The topological polar surface area (TPSA) is 72.8 Å². The van der Waals surface area contributed by atoms with Crippen LogP contribution in [0.15, 0.2) is 24.3 Å². The third-order valence-corrected chi connectivity index (χ3v) is 3.42. The fourth-order valence-corrected chi connectivity index (χ4v) is 1.41. The van der Waals surface area contributed by atoms with Crippen LogP contribution >= 0.6 is 0 Å². The number of hydrogen-bond donors (Lipinski definition) is 1. The molecule has 8 heteroatoms. The fraction of sp³-hybridized carbons (Fsp3) is 0.500. The highest BCUT2D eigenvalue weighted by atomic mass is 19.4. The van der Waals surface area contributed by atoms with Gasteiger partial charge in [-0.05, 0) is 37.6 Å². The lowest BCUT2D eigenvalue weighted by Crippen LogP contribution is -2.46. The predicted octanol–water partition coefficient (Wildman–Crippen LogP) is 3.11. The number of ether oxygens (including phenoxy) is 2. The standard InChI is InChI=1S/C16H19F3O5/c1-4-10(2)13(20)24-12-7-5-11(6-8-12)14(21)23-9-15(3,22)16(17,18)19/h5-8,10,22H,4,9H2,1-3H3. The molecule has 0 aliphatic rings. The maximum atomic E-state index is 12.5. The van der Waals surface area contributed by atoms with Crippen molar-refractivity contribution in [2.45, 2.75) is 39.0 Å². The number of carbonyl (C=O) groups excluding carboxylic acids is 2. The molecule has 0 aromatic heterocycles. The van der Waals surface area contributed by atoms with Crippen LogP contribution < -0.4 is 4.74 Å². The van der Waals surface area contributed by atoms with Gasteiger partial charge in [0.2, 0.25) is 0 Å². The summed E-state index contributed by atoms with van der Waals surface area (Å²) in [6, 6.07) is 5.17. The van der Waals surface area contributed by atoms with Gasteiger partial charge in [0.1, 0.15) is 12.4 Å². The predicted molar refractivity (Wildman–Crippen MR) is 78.5 cm³/mol. The summed E-state index contributed by atoms with van der Waals surface area (Å²) in [7, 11) is 0. The van der Waals surface area contributed by atoms with Gasteiger partial charge in [0.15, 0.2) is 5.60 Å². The van der Waals surface area contributed by atoms with Crippen molar-refractivity contribution in [3.8, 4) is 5.75 Å². The summed E-state index contributed by atoms with van der Waals surface area (Å²) in [5.41, 5.74) is -3.16.